The number of ether oxygens (including phenoxy) is 3. The Labute approximate surface area is 181 Å². The van der Waals surface area contributed by atoms with Crippen molar-refractivity contribution in [2.45, 2.75) is 13.8 Å². The summed E-state index contributed by atoms with van der Waals surface area (Å²) in [5.41, 5.74) is 2.35. The molecule has 0 aliphatic heterocycles. The van der Waals surface area contributed by atoms with Crippen molar-refractivity contribution in [3.05, 3.63) is 54.1 Å². The summed E-state index contributed by atoms with van der Waals surface area (Å²) in [6.07, 6.45) is 0. The quantitative estimate of drug-likeness (QED) is 0.512. The van der Waals surface area contributed by atoms with Crippen LogP contribution in [-0.2, 0) is 9.53 Å². The minimum absolute atomic E-state index is 0.225. The Hall–Kier alpha value is -3.61. The minimum Gasteiger partial charge on any atom is -0.493 e. The van der Waals surface area contributed by atoms with Crippen molar-refractivity contribution in [3.63, 3.8) is 0 Å². The molecule has 0 atom stereocenters. The SMILES string of the molecule is CCN(CC)C(=O)COC(=O)c1cc(-c2ccc(OC)c(OC)c2)nc2ccccc12. The number of carbonyl (C=O) groups excluding carboxylic acids is 2. The van der Waals surface area contributed by atoms with Gasteiger partial charge in [-0.3, -0.25) is 4.79 Å². The highest BCUT2D eigenvalue weighted by Crippen LogP contribution is 2.33. The van der Waals surface area contributed by atoms with E-state index in [1.807, 2.05) is 44.2 Å². The summed E-state index contributed by atoms with van der Waals surface area (Å²) >= 11 is 0. The highest BCUT2D eigenvalue weighted by molar-refractivity contribution is 6.05. The number of amides is 1. The number of fused-ring (bicyclic) bond motifs is 1. The van der Waals surface area contributed by atoms with Crippen molar-refractivity contribution in [2.24, 2.45) is 0 Å². The molecule has 0 aliphatic carbocycles. The van der Waals surface area contributed by atoms with Gasteiger partial charge in [-0.25, -0.2) is 9.78 Å². The summed E-state index contributed by atoms with van der Waals surface area (Å²) in [5.74, 6) is 0.364. The summed E-state index contributed by atoms with van der Waals surface area (Å²) in [6.45, 7) is 4.59. The number of likely N-dealkylation sites (N-methyl/N-ethyl adjacent to an activating group) is 1. The smallest absolute Gasteiger partial charge is 0.339 e. The molecule has 0 unspecified atom stereocenters. The molecule has 0 aliphatic rings. The lowest BCUT2D eigenvalue weighted by Crippen LogP contribution is -2.34. The fourth-order valence-corrected chi connectivity index (χ4v) is 3.36. The third kappa shape index (κ3) is 4.77. The maximum atomic E-state index is 12.9. The molecule has 0 saturated heterocycles. The van der Waals surface area contributed by atoms with Gasteiger partial charge in [0.05, 0.1) is 31.0 Å². The van der Waals surface area contributed by atoms with Gasteiger partial charge in [0.15, 0.2) is 18.1 Å². The highest BCUT2D eigenvalue weighted by atomic mass is 16.5. The van der Waals surface area contributed by atoms with E-state index < -0.39 is 5.97 Å². The average Bonchev–Trinajstić information content (AvgIpc) is 2.82. The van der Waals surface area contributed by atoms with Crippen LogP contribution >= 0.6 is 0 Å². The van der Waals surface area contributed by atoms with Gasteiger partial charge in [-0.15, -0.1) is 0 Å². The van der Waals surface area contributed by atoms with Crippen molar-refractivity contribution >= 4 is 22.8 Å². The zero-order valence-corrected chi connectivity index (χ0v) is 18.2. The van der Waals surface area contributed by atoms with Crippen LogP contribution in [0, 0.1) is 0 Å². The summed E-state index contributed by atoms with van der Waals surface area (Å²) in [7, 11) is 3.13. The first-order valence-electron chi connectivity index (χ1n) is 10.1. The van der Waals surface area contributed by atoms with Gasteiger partial charge in [-0.2, -0.15) is 0 Å². The second kappa shape index (κ2) is 9.93. The second-order valence-corrected chi connectivity index (χ2v) is 6.78. The number of rotatable bonds is 8. The topological polar surface area (TPSA) is 78.0 Å². The zero-order chi connectivity index (χ0) is 22.4. The van der Waals surface area contributed by atoms with Gasteiger partial charge in [-0.05, 0) is 44.2 Å². The Morgan fingerprint density at radius 2 is 1.65 bits per heavy atom. The Kier molecular flexibility index (Phi) is 7.07. The van der Waals surface area contributed by atoms with Gasteiger partial charge >= 0.3 is 5.97 Å². The van der Waals surface area contributed by atoms with Crippen molar-refractivity contribution in [1.29, 1.82) is 0 Å². The lowest BCUT2D eigenvalue weighted by atomic mass is 10.0. The fourth-order valence-electron chi connectivity index (χ4n) is 3.36. The van der Waals surface area contributed by atoms with Crippen molar-refractivity contribution in [1.82, 2.24) is 9.88 Å². The molecule has 1 aromatic heterocycles. The maximum absolute atomic E-state index is 12.9. The minimum atomic E-state index is -0.569. The standard InChI is InChI=1S/C24H26N2O5/c1-5-26(6-2)23(27)15-31-24(28)18-14-20(25-19-10-8-7-9-17(18)19)16-11-12-21(29-3)22(13-16)30-4/h7-14H,5-6,15H2,1-4H3. The van der Waals surface area contributed by atoms with Crippen molar-refractivity contribution < 1.29 is 23.8 Å². The van der Waals surface area contributed by atoms with Gasteiger partial charge in [0.25, 0.3) is 5.91 Å². The van der Waals surface area contributed by atoms with Gasteiger partial charge in [0.1, 0.15) is 0 Å². The molecule has 1 heterocycles. The van der Waals surface area contributed by atoms with Crippen LogP contribution in [0.5, 0.6) is 11.5 Å². The molecule has 1 amide bonds. The number of nitrogens with zero attached hydrogens (tertiary/aromatic N) is 2. The van der Waals surface area contributed by atoms with Gasteiger partial charge in [0.2, 0.25) is 0 Å². The Balaban J connectivity index is 1.98. The number of pyridine rings is 1. The van der Waals surface area contributed by atoms with Crippen LogP contribution in [0.15, 0.2) is 48.5 Å². The first-order chi connectivity index (χ1) is 15.0. The molecule has 7 nitrogen and oxygen atoms in total. The van der Waals surface area contributed by atoms with Crippen LogP contribution in [-0.4, -0.2) is 55.7 Å². The van der Waals surface area contributed by atoms with E-state index in [0.29, 0.717) is 46.7 Å². The fraction of sp³-hybridized carbons (Fsp3) is 0.292. The van der Waals surface area contributed by atoms with E-state index >= 15 is 0 Å². The van der Waals surface area contributed by atoms with Crippen LogP contribution in [0.4, 0.5) is 0 Å². The first kappa shape index (κ1) is 22.1. The Morgan fingerprint density at radius 3 is 2.32 bits per heavy atom. The molecule has 3 rings (SSSR count). The number of methoxy groups -OCH3 is 2. The number of hydrogen-bond acceptors (Lipinski definition) is 6. The number of hydrogen-bond donors (Lipinski definition) is 0. The molecule has 0 radical (unpaired) electrons. The lowest BCUT2D eigenvalue weighted by Gasteiger charge is -2.18. The number of esters is 1. The lowest BCUT2D eigenvalue weighted by molar-refractivity contribution is -0.134. The summed E-state index contributed by atoms with van der Waals surface area (Å²) < 4.78 is 16.0. The summed E-state index contributed by atoms with van der Waals surface area (Å²) in [6, 6.07) is 14.4. The zero-order valence-electron chi connectivity index (χ0n) is 18.2. The Morgan fingerprint density at radius 1 is 0.935 bits per heavy atom. The molecular formula is C24H26N2O5. The monoisotopic (exact) mass is 422 g/mol. The molecule has 0 bridgehead atoms. The molecule has 31 heavy (non-hydrogen) atoms. The second-order valence-electron chi connectivity index (χ2n) is 6.78. The van der Waals surface area contributed by atoms with Gasteiger partial charge < -0.3 is 19.1 Å². The van der Waals surface area contributed by atoms with E-state index in [0.717, 1.165) is 5.56 Å². The normalized spacial score (nSPS) is 10.6. The molecule has 0 fully saturated rings. The van der Waals surface area contributed by atoms with Crippen LogP contribution in [0.2, 0.25) is 0 Å². The summed E-state index contributed by atoms with van der Waals surface area (Å²) in [5, 5.41) is 0.659. The number of para-hydroxylation sites is 1. The number of benzene rings is 2. The largest absolute Gasteiger partial charge is 0.493 e. The summed E-state index contributed by atoms with van der Waals surface area (Å²) in [4.78, 5) is 31.4. The maximum Gasteiger partial charge on any atom is 0.339 e. The van der Waals surface area contributed by atoms with E-state index in [9.17, 15) is 9.59 Å². The molecular weight excluding hydrogens is 396 g/mol. The third-order valence-electron chi connectivity index (χ3n) is 5.06. The van der Waals surface area contributed by atoms with Gasteiger partial charge in [0, 0.05) is 24.0 Å². The molecule has 7 heteroatoms. The third-order valence-corrected chi connectivity index (χ3v) is 5.06. The van der Waals surface area contributed by atoms with Crippen LogP contribution in [0.1, 0.15) is 24.2 Å². The van der Waals surface area contributed by atoms with E-state index in [-0.39, 0.29) is 12.5 Å². The molecule has 0 saturated carbocycles. The van der Waals surface area contributed by atoms with E-state index in [2.05, 4.69) is 0 Å². The molecule has 3 aromatic rings. The molecule has 162 valence electrons. The van der Waals surface area contributed by atoms with Crippen molar-refractivity contribution in [3.8, 4) is 22.8 Å². The first-order valence-corrected chi connectivity index (χ1v) is 10.1. The molecule has 0 N–H and O–H groups in total. The average molecular weight is 422 g/mol. The predicted molar refractivity (Wildman–Crippen MR) is 118 cm³/mol. The highest BCUT2D eigenvalue weighted by Gasteiger charge is 2.18. The number of aromatic nitrogens is 1. The Bertz CT molecular complexity index is 1090. The van der Waals surface area contributed by atoms with Gasteiger partial charge in [-0.1, -0.05) is 18.2 Å². The molecule has 2 aromatic carbocycles. The van der Waals surface area contributed by atoms with Crippen LogP contribution < -0.4 is 9.47 Å². The predicted octanol–water partition coefficient (Wildman–Crippen LogP) is 3.94. The number of carbonyl (C=O) groups is 2. The van der Waals surface area contributed by atoms with E-state index in [4.69, 9.17) is 19.2 Å². The van der Waals surface area contributed by atoms with Crippen LogP contribution in [0.25, 0.3) is 22.2 Å². The van der Waals surface area contributed by atoms with Crippen LogP contribution in [0.3, 0.4) is 0 Å². The van der Waals surface area contributed by atoms with E-state index in [1.54, 1.807) is 37.3 Å². The van der Waals surface area contributed by atoms with Crippen molar-refractivity contribution in [2.75, 3.05) is 33.9 Å². The molecule has 0 spiro atoms. The van der Waals surface area contributed by atoms with E-state index in [1.165, 1.54) is 0 Å².